The van der Waals surface area contributed by atoms with Crippen molar-refractivity contribution in [2.45, 2.75) is 13.8 Å². The highest BCUT2D eigenvalue weighted by Gasteiger charge is 2.37. The van der Waals surface area contributed by atoms with Gasteiger partial charge in [-0.15, -0.1) is 0 Å². The van der Waals surface area contributed by atoms with E-state index in [9.17, 15) is 30.0 Å². The highest BCUT2D eigenvalue weighted by Crippen LogP contribution is 2.46. The maximum Gasteiger partial charge on any atom is 0.238 e. The number of allylic oxidation sites excluding steroid dienone is 1. The summed E-state index contributed by atoms with van der Waals surface area (Å²) in [4.78, 5) is 23.2. The van der Waals surface area contributed by atoms with Gasteiger partial charge in [0.1, 0.15) is 11.5 Å². The smallest absolute Gasteiger partial charge is 0.238 e. The second kappa shape index (κ2) is 3.49. The van der Waals surface area contributed by atoms with Crippen molar-refractivity contribution in [3.8, 4) is 17.2 Å². The first-order chi connectivity index (χ1) is 8.29. The molecule has 0 spiro atoms. The predicted octanol–water partition coefficient (Wildman–Crippen LogP) is 1.17. The molecule has 4 N–H and O–H groups in total. The fourth-order valence-corrected chi connectivity index (χ4v) is 1.86. The minimum atomic E-state index is -1.08. The molecule has 18 heavy (non-hydrogen) atoms. The summed E-state index contributed by atoms with van der Waals surface area (Å²) in [6, 6.07) is 0. The van der Waals surface area contributed by atoms with Crippen molar-refractivity contribution in [3.05, 3.63) is 22.3 Å². The van der Waals surface area contributed by atoms with Crippen molar-refractivity contribution in [1.82, 2.24) is 0 Å². The van der Waals surface area contributed by atoms with Gasteiger partial charge in [-0.25, -0.2) is 0 Å². The van der Waals surface area contributed by atoms with E-state index in [0.717, 1.165) is 0 Å². The van der Waals surface area contributed by atoms with E-state index in [4.69, 9.17) is 0 Å². The SMILES string of the molecule is CC1=C(O)c2c(O)c(C)c(O)c(O)c2C(=O)C1=O. The van der Waals surface area contributed by atoms with Crippen molar-refractivity contribution in [3.63, 3.8) is 0 Å². The molecule has 1 aliphatic rings. The Labute approximate surface area is 101 Å². The normalized spacial score (nSPS) is 15.0. The first-order valence-corrected chi connectivity index (χ1v) is 5.05. The molecule has 0 amide bonds. The summed E-state index contributed by atoms with van der Waals surface area (Å²) >= 11 is 0. The number of carbonyl (C=O) groups is 2. The number of benzene rings is 1. The molecule has 0 saturated heterocycles. The molecule has 0 saturated carbocycles. The van der Waals surface area contributed by atoms with E-state index < -0.39 is 40.1 Å². The zero-order chi connectivity index (χ0) is 13.8. The number of phenolic OH excluding ortho intramolecular Hbond substituents is 3. The van der Waals surface area contributed by atoms with Gasteiger partial charge in [0, 0.05) is 11.1 Å². The average Bonchev–Trinajstić information content (AvgIpc) is 2.35. The molecule has 0 radical (unpaired) electrons. The Hall–Kier alpha value is -2.50. The highest BCUT2D eigenvalue weighted by molar-refractivity contribution is 6.52. The molecular weight excluding hydrogens is 240 g/mol. The first kappa shape index (κ1) is 12.0. The van der Waals surface area contributed by atoms with Crippen LogP contribution < -0.4 is 0 Å². The van der Waals surface area contributed by atoms with Crippen molar-refractivity contribution in [1.29, 1.82) is 0 Å². The maximum atomic E-state index is 11.7. The van der Waals surface area contributed by atoms with Crippen LogP contribution >= 0.6 is 0 Å². The van der Waals surface area contributed by atoms with Gasteiger partial charge in [0.05, 0.1) is 11.1 Å². The summed E-state index contributed by atoms with van der Waals surface area (Å²) in [7, 11) is 0. The van der Waals surface area contributed by atoms with Gasteiger partial charge in [-0.1, -0.05) is 0 Å². The minimum Gasteiger partial charge on any atom is -0.507 e. The third-order valence-corrected chi connectivity index (χ3v) is 3.02. The summed E-state index contributed by atoms with van der Waals surface area (Å²) in [6.07, 6.45) is 0. The molecule has 0 atom stereocenters. The van der Waals surface area contributed by atoms with Crippen LogP contribution in [0.2, 0.25) is 0 Å². The maximum absolute atomic E-state index is 11.7. The molecule has 0 unspecified atom stereocenters. The van der Waals surface area contributed by atoms with Crippen LogP contribution in [-0.2, 0) is 4.79 Å². The predicted molar refractivity (Wildman–Crippen MR) is 60.7 cm³/mol. The lowest BCUT2D eigenvalue weighted by molar-refractivity contribution is -0.111. The average molecular weight is 250 g/mol. The van der Waals surface area contributed by atoms with Crippen LogP contribution in [0.15, 0.2) is 5.57 Å². The molecule has 0 heterocycles. The van der Waals surface area contributed by atoms with E-state index in [1.807, 2.05) is 0 Å². The van der Waals surface area contributed by atoms with E-state index in [0.29, 0.717) is 0 Å². The fraction of sp³-hybridized carbons (Fsp3) is 0.167. The Kier molecular flexibility index (Phi) is 2.32. The van der Waals surface area contributed by atoms with Crippen molar-refractivity contribution < 1.29 is 30.0 Å². The molecule has 0 fully saturated rings. The number of aliphatic hydroxyl groups is 1. The molecule has 1 aliphatic carbocycles. The standard InChI is InChI=1S/C12H10O6/c1-3-7(13)5-6(11(17)9(3)15)12(18)10(16)4(2)8(5)14/h13-15,17H,1-2H3. The van der Waals surface area contributed by atoms with Crippen LogP contribution in [0, 0.1) is 6.92 Å². The minimum absolute atomic E-state index is 0.0900. The van der Waals surface area contributed by atoms with E-state index in [2.05, 4.69) is 0 Å². The van der Waals surface area contributed by atoms with Gasteiger partial charge < -0.3 is 20.4 Å². The molecule has 94 valence electrons. The zero-order valence-corrected chi connectivity index (χ0v) is 9.61. The molecule has 6 nitrogen and oxygen atoms in total. The Balaban J connectivity index is 3.01. The quantitative estimate of drug-likeness (QED) is 0.312. The number of ketones is 2. The number of carbonyl (C=O) groups excluding carboxylic acids is 2. The lowest BCUT2D eigenvalue weighted by atomic mass is 9.86. The lowest BCUT2D eigenvalue weighted by Crippen LogP contribution is -2.23. The molecule has 6 heteroatoms. The Morgan fingerprint density at radius 3 is 1.83 bits per heavy atom. The van der Waals surface area contributed by atoms with Crippen molar-refractivity contribution >= 4 is 17.3 Å². The number of Topliss-reactive ketones (excluding diaryl/α,β-unsaturated/α-hetero) is 2. The monoisotopic (exact) mass is 250 g/mol. The van der Waals surface area contributed by atoms with Gasteiger partial charge in [0.25, 0.3) is 0 Å². The second-order valence-electron chi connectivity index (χ2n) is 4.05. The van der Waals surface area contributed by atoms with Gasteiger partial charge in [-0.05, 0) is 13.8 Å². The summed E-state index contributed by atoms with van der Waals surface area (Å²) in [5, 5.41) is 38.8. The van der Waals surface area contributed by atoms with Crippen LogP contribution in [0.5, 0.6) is 17.2 Å². The summed E-state index contributed by atoms with van der Waals surface area (Å²) in [6.45, 7) is 2.53. The van der Waals surface area contributed by atoms with Gasteiger partial charge in [-0.2, -0.15) is 0 Å². The van der Waals surface area contributed by atoms with Crippen molar-refractivity contribution in [2.75, 3.05) is 0 Å². The van der Waals surface area contributed by atoms with E-state index >= 15 is 0 Å². The topological polar surface area (TPSA) is 115 Å². The summed E-state index contributed by atoms with van der Waals surface area (Å²) < 4.78 is 0. The third kappa shape index (κ3) is 1.22. The molecule has 0 bridgehead atoms. The summed E-state index contributed by atoms with van der Waals surface area (Å²) in [5.41, 5.74) is -1.21. The zero-order valence-electron chi connectivity index (χ0n) is 9.61. The van der Waals surface area contributed by atoms with Gasteiger partial charge in [0.15, 0.2) is 11.5 Å². The van der Waals surface area contributed by atoms with Crippen LogP contribution in [0.1, 0.15) is 28.4 Å². The largest absolute Gasteiger partial charge is 0.507 e. The van der Waals surface area contributed by atoms with E-state index in [1.54, 1.807) is 0 Å². The first-order valence-electron chi connectivity index (χ1n) is 5.05. The van der Waals surface area contributed by atoms with Crippen LogP contribution in [0.3, 0.4) is 0 Å². The number of aromatic hydroxyl groups is 3. The number of fused-ring (bicyclic) bond motifs is 1. The van der Waals surface area contributed by atoms with Crippen LogP contribution in [0.4, 0.5) is 0 Å². The molecule has 2 rings (SSSR count). The van der Waals surface area contributed by atoms with Crippen LogP contribution in [-0.4, -0.2) is 32.0 Å². The third-order valence-electron chi connectivity index (χ3n) is 3.02. The molecule has 1 aromatic carbocycles. The van der Waals surface area contributed by atoms with Gasteiger partial charge >= 0.3 is 0 Å². The molecule has 1 aromatic rings. The molecule has 0 aliphatic heterocycles. The number of phenols is 3. The molecule has 0 aromatic heterocycles. The Morgan fingerprint density at radius 2 is 1.28 bits per heavy atom. The number of rotatable bonds is 0. The Morgan fingerprint density at radius 1 is 0.722 bits per heavy atom. The number of hydrogen-bond acceptors (Lipinski definition) is 6. The van der Waals surface area contributed by atoms with E-state index in [1.165, 1.54) is 13.8 Å². The second-order valence-corrected chi connectivity index (χ2v) is 4.05. The number of hydrogen-bond donors (Lipinski definition) is 4. The van der Waals surface area contributed by atoms with Gasteiger partial charge in [-0.3, -0.25) is 9.59 Å². The van der Waals surface area contributed by atoms with Crippen molar-refractivity contribution in [2.24, 2.45) is 0 Å². The Bertz CT molecular complexity index is 639. The van der Waals surface area contributed by atoms with Gasteiger partial charge in [0.2, 0.25) is 11.6 Å². The molecular formula is C12H10O6. The number of aliphatic hydroxyl groups excluding tert-OH is 1. The summed E-state index contributed by atoms with van der Waals surface area (Å²) in [5.74, 6) is -4.71. The highest BCUT2D eigenvalue weighted by atomic mass is 16.3. The fourth-order valence-electron chi connectivity index (χ4n) is 1.86. The van der Waals surface area contributed by atoms with E-state index in [-0.39, 0.29) is 16.7 Å². The van der Waals surface area contributed by atoms with Crippen LogP contribution in [0.25, 0.3) is 5.76 Å². The lowest BCUT2D eigenvalue weighted by Gasteiger charge is -2.20.